The van der Waals surface area contributed by atoms with Gasteiger partial charge >= 0.3 is 0 Å². The molecule has 0 radical (unpaired) electrons. The van der Waals surface area contributed by atoms with Crippen LogP contribution in [0.3, 0.4) is 0 Å². The van der Waals surface area contributed by atoms with Gasteiger partial charge in [0.05, 0.1) is 0 Å². The minimum absolute atomic E-state index is 0.447. The first-order chi connectivity index (χ1) is 7.68. The number of rotatable bonds is 3. The van der Waals surface area contributed by atoms with Crippen molar-refractivity contribution in [3.8, 4) is 5.75 Å². The summed E-state index contributed by atoms with van der Waals surface area (Å²) in [5.74, 6) is 1.76. The summed E-state index contributed by atoms with van der Waals surface area (Å²) in [6.07, 6.45) is 1.67. The van der Waals surface area contributed by atoms with Crippen molar-refractivity contribution in [1.29, 1.82) is 0 Å². The van der Waals surface area contributed by atoms with Gasteiger partial charge in [-0.3, -0.25) is 0 Å². The number of aryl methyl sites for hydroxylation is 3. The van der Waals surface area contributed by atoms with Crippen LogP contribution in [0.1, 0.15) is 17.0 Å². The van der Waals surface area contributed by atoms with Gasteiger partial charge in [-0.1, -0.05) is 18.2 Å². The molecule has 84 valence electrons. The topological polar surface area (TPSA) is 39.9 Å². The van der Waals surface area contributed by atoms with E-state index in [9.17, 15) is 0 Å². The average molecular weight is 217 g/mol. The Morgan fingerprint density at radius 3 is 2.50 bits per heavy atom. The first kappa shape index (κ1) is 10.7. The van der Waals surface area contributed by atoms with E-state index < -0.39 is 0 Å². The quantitative estimate of drug-likeness (QED) is 0.789. The monoisotopic (exact) mass is 217 g/mol. The summed E-state index contributed by atoms with van der Waals surface area (Å²) < 4.78 is 7.62. The lowest BCUT2D eigenvalue weighted by molar-refractivity contribution is 0.287. The summed E-state index contributed by atoms with van der Waals surface area (Å²) in [5, 5.41) is 7.79. The van der Waals surface area contributed by atoms with Gasteiger partial charge in [-0.05, 0) is 25.0 Å². The Labute approximate surface area is 94.9 Å². The molecule has 0 N–H and O–H groups in total. The van der Waals surface area contributed by atoms with Crippen molar-refractivity contribution >= 4 is 0 Å². The second kappa shape index (κ2) is 4.35. The number of benzene rings is 1. The molecule has 0 aliphatic carbocycles. The molecule has 4 heteroatoms. The highest BCUT2D eigenvalue weighted by Crippen LogP contribution is 2.22. The highest BCUT2D eigenvalue weighted by Gasteiger charge is 2.06. The largest absolute Gasteiger partial charge is 0.485 e. The molecule has 0 atom stereocenters. The van der Waals surface area contributed by atoms with Gasteiger partial charge in [-0.25, -0.2) is 0 Å². The van der Waals surface area contributed by atoms with E-state index in [1.54, 1.807) is 6.33 Å². The van der Waals surface area contributed by atoms with Crippen molar-refractivity contribution in [1.82, 2.24) is 14.8 Å². The van der Waals surface area contributed by atoms with Crippen molar-refractivity contribution in [2.24, 2.45) is 7.05 Å². The zero-order valence-electron chi connectivity index (χ0n) is 9.77. The van der Waals surface area contributed by atoms with Crippen LogP contribution in [0.5, 0.6) is 5.75 Å². The molecule has 0 aliphatic rings. The van der Waals surface area contributed by atoms with Gasteiger partial charge in [0.1, 0.15) is 18.7 Å². The van der Waals surface area contributed by atoms with Gasteiger partial charge in [0, 0.05) is 7.05 Å². The highest BCUT2D eigenvalue weighted by atomic mass is 16.5. The zero-order valence-corrected chi connectivity index (χ0v) is 9.77. The number of hydrogen-bond donors (Lipinski definition) is 0. The lowest BCUT2D eigenvalue weighted by Gasteiger charge is -2.11. The fourth-order valence-corrected chi connectivity index (χ4v) is 1.60. The molecule has 2 rings (SSSR count). The van der Waals surface area contributed by atoms with Gasteiger partial charge < -0.3 is 9.30 Å². The molecule has 2 aromatic rings. The first-order valence-electron chi connectivity index (χ1n) is 5.20. The number of nitrogens with zero attached hydrogens (tertiary/aromatic N) is 3. The van der Waals surface area contributed by atoms with Crippen LogP contribution in [0.2, 0.25) is 0 Å². The van der Waals surface area contributed by atoms with E-state index in [-0.39, 0.29) is 0 Å². The Hall–Kier alpha value is -1.84. The van der Waals surface area contributed by atoms with E-state index in [0.29, 0.717) is 6.61 Å². The molecule has 0 aliphatic heterocycles. The maximum absolute atomic E-state index is 5.77. The number of aromatic nitrogens is 3. The maximum atomic E-state index is 5.77. The molecule has 4 nitrogen and oxygen atoms in total. The predicted octanol–water partition coefficient (Wildman–Crippen LogP) is 2.01. The van der Waals surface area contributed by atoms with Crippen LogP contribution in [0.4, 0.5) is 0 Å². The molecular formula is C12H15N3O. The fraction of sp³-hybridized carbons (Fsp3) is 0.333. The predicted molar refractivity (Wildman–Crippen MR) is 61.3 cm³/mol. The average Bonchev–Trinajstić information content (AvgIpc) is 2.64. The molecule has 0 unspecified atom stereocenters. The van der Waals surface area contributed by atoms with E-state index in [1.807, 2.05) is 43.7 Å². The molecular weight excluding hydrogens is 202 g/mol. The van der Waals surface area contributed by atoms with Crippen molar-refractivity contribution in [2.45, 2.75) is 20.5 Å². The summed E-state index contributed by atoms with van der Waals surface area (Å²) >= 11 is 0. The van der Waals surface area contributed by atoms with Crippen LogP contribution >= 0.6 is 0 Å². The van der Waals surface area contributed by atoms with Crippen LogP contribution < -0.4 is 4.74 Å². The van der Waals surface area contributed by atoms with Gasteiger partial charge in [-0.15, -0.1) is 10.2 Å². The zero-order chi connectivity index (χ0) is 11.5. The van der Waals surface area contributed by atoms with Crippen LogP contribution in [-0.4, -0.2) is 14.8 Å². The Balaban J connectivity index is 2.14. The third kappa shape index (κ3) is 2.05. The van der Waals surface area contributed by atoms with Gasteiger partial charge in [0.25, 0.3) is 0 Å². The second-order valence-corrected chi connectivity index (χ2v) is 3.87. The van der Waals surface area contributed by atoms with Gasteiger partial charge in [0.2, 0.25) is 0 Å². The minimum atomic E-state index is 0.447. The van der Waals surface area contributed by atoms with E-state index in [2.05, 4.69) is 10.2 Å². The molecule has 1 aromatic carbocycles. The second-order valence-electron chi connectivity index (χ2n) is 3.87. The highest BCUT2D eigenvalue weighted by molar-refractivity contribution is 5.39. The van der Waals surface area contributed by atoms with Crippen LogP contribution in [0, 0.1) is 13.8 Å². The standard InChI is InChI=1S/C12H15N3O/c1-9-5-4-6-10(2)12(9)16-7-11-14-13-8-15(11)3/h4-6,8H,7H2,1-3H3. The van der Waals surface area contributed by atoms with Crippen LogP contribution in [-0.2, 0) is 13.7 Å². The Morgan fingerprint density at radius 2 is 1.94 bits per heavy atom. The number of ether oxygens (including phenoxy) is 1. The Morgan fingerprint density at radius 1 is 1.25 bits per heavy atom. The number of hydrogen-bond acceptors (Lipinski definition) is 3. The van der Waals surface area contributed by atoms with Gasteiger partial charge in [-0.2, -0.15) is 0 Å². The first-order valence-corrected chi connectivity index (χ1v) is 5.20. The third-order valence-electron chi connectivity index (χ3n) is 2.56. The van der Waals surface area contributed by atoms with Crippen molar-refractivity contribution in [3.63, 3.8) is 0 Å². The normalized spacial score (nSPS) is 10.4. The molecule has 0 spiro atoms. The fourth-order valence-electron chi connectivity index (χ4n) is 1.60. The molecule has 1 heterocycles. The Bertz CT molecular complexity index is 471. The molecule has 0 fully saturated rings. The summed E-state index contributed by atoms with van der Waals surface area (Å²) in [6, 6.07) is 6.11. The number of para-hydroxylation sites is 1. The summed E-state index contributed by atoms with van der Waals surface area (Å²) in [6.45, 7) is 4.53. The summed E-state index contributed by atoms with van der Waals surface area (Å²) in [7, 11) is 1.91. The van der Waals surface area contributed by atoms with Crippen molar-refractivity contribution < 1.29 is 4.74 Å². The smallest absolute Gasteiger partial charge is 0.170 e. The summed E-state index contributed by atoms with van der Waals surface area (Å²) in [4.78, 5) is 0. The molecule has 16 heavy (non-hydrogen) atoms. The van der Waals surface area contributed by atoms with Crippen molar-refractivity contribution in [2.75, 3.05) is 0 Å². The molecule has 0 saturated heterocycles. The Kier molecular flexibility index (Phi) is 2.90. The van der Waals surface area contributed by atoms with E-state index in [4.69, 9.17) is 4.74 Å². The molecule has 0 amide bonds. The lowest BCUT2D eigenvalue weighted by atomic mass is 10.1. The molecule has 0 bridgehead atoms. The summed E-state index contributed by atoms with van der Waals surface area (Å²) in [5.41, 5.74) is 2.28. The van der Waals surface area contributed by atoms with Crippen LogP contribution in [0.15, 0.2) is 24.5 Å². The van der Waals surface area contributed by atoms with E-state index >= 15 is 0 Å². The third-order valence-corrected chi connectivity index (χ3v) is 2.56. The van der Waals surface area contributed by atoms with Crippen LogP contribution in [0.25, 0.3) is 0 Å². The molecule has 1 aromatic heterocycles. The van der Waals surface area contributed by atoms with E-state index in [0.717, 1.165) is 22.7 Å². The minimum Gasteiger partial charge on any atom is -0.485 e. The lowest BCUT2D eigenvalue weighted by Crippen LogP contribution is -2.04. The SMILES string of the molecule is Cc1cccc(C)c1OCc1nncn1C. The maximum Gasteiger partial charge on any atom is 0.170 e. The molecule has 0 saturated carbocycles. The van der Waals surface area contributed by atoms with E-state index in [1.165, 1.54) is 0 Å². The van der Waals surface area contributed by atoms with Gasteiger partial charge in [0.15, 0.2) is 5.82 Å². The van der Waals surface area contributed by atoms with Crippen molar-refractivity contribution in [3.05, 3.63) is 41.5 Å².